The van der Waals surface area contributed by atoms with Crippen molar-refractivity contribution in [2.45, 2.75) is 25.4 Å². The van der Waals surface area contributed by atoms with Gasteiger partial charge in [-0.25, -0.2) is 8.78 Å². The smallest absolute Gasteiger partial charge is 0.263 e. The molecular weight excluding hydrogens is 226 g/mol. The molecule has 0 fully saturated rings. The minimum absolute atomic E-state index is 0.0852. The van der Waals surface area contributed by atoms with Crippen LogP contribution in [0.15, 0.2) is 36.1 Å². The van der Waals surface area contributed by atoms with E-state index in [-0.39, 0.29) is 5.56 Å². The number of aliphatic hydroxyl groups is 1. The molecule has 0 spiro atoms. The van der Waals surface area contributed by atoms with Gasteiger partial charge >= 0.3 is 0 Å². The molecule has 0 saturated carbocycles. The van der Waals surface area contributed by atoms with Crippen LogP contribution in [0.2, 0.25) is 0 Å². The lowest BCUT2D eigenvalue weighted by Gasteiger charge is -2.20. The zero-order chi connectivity index (χ0) is 12.3. The van der Waals surface area contributed by atoms with Gasteiger partial charge in [0.15, 0.2) is 0 Å². The van der Waals surface area contributed by atoms with Crippen molar-refractivity contribution < 1.29 is 18.6 Å². The maximum atomic E-state index is 12.5. The maximum Gasteiger partial charge on any atom is 0.263 e. The molecule has 1 aromatic carbocycles. The van der Waals surface area contributed by atoms with Gasteiger partial charge in [0.05, 0.1) is 6.61 Å². The van der Waals surface area contributed by atoms with E-state index in [1.807, 2.05) is 6.08 Å². The van der Waals surface area contributed by atoms with E-state index in [2.05, 4.69) is 0 Å². The normalized spacial score (nSPS) is 17.5. The molecule has 1 aliphatic heterocycles. The molecular formula is C13H14F2O2. The molecule has 1 heterocycles. The Labute approximate surface area is 98.5 Å². The second-order valence-corrected chi connectivity index (χ2v) is 3.97. The number of alkyl halides is 2. The topological polar surface area (TPSA) is 29.5 Å². The van der Waals surface area contributed by atoms with Gasteiger partial charge in [-0.3, -0.25) is 0 Å². The number of hydrogen-bond donors (Lipinski definition) is 1. The van der Waals surface area contributed by atoms with E-state index < -0.39 is 12.5 Å². The van der Waals surface area contributed by atoms with Crippen molar-refractivity contribution in [2.24, 2.45) is 0 Å². The van der Waals surface area contributed by atoms with Crippen LogP contribution in [0.3, 0.4) is 0 Å². The van der Waals surface area contributed by atoms with E-state index in [0.717, 1.165) is 12.8 Å². The van der Waals surface area contributed by atoms with Crippen LogP contribution in [-0.4, -0.2) is 11.7 Å². The summed E-state index contributed by atoms with van der Waals surface area (Å²) in [5.74, 6) is 0.461. The van der Waals surface area contributed by atoms with Gasteiger partial charge in [-0.2, -0.15) is 0 Å². The molecule has 1 aliphatic rings. The van der Waals surface area contributed by atoms with Gasteiger partial charge in [-0.15, -0.1) is 0 Å². The Morgan fingerprint density at radius 2 is 2.00 bits per heavy atom. The third kappa shape index (κ3) is 2.82. The number of hydrogen-bond acceptors (Lipinski definition) is 2. The largest absolute Gasteiger partial charge is 0.495 e. The minimum atomic E-state index is -2.52. The van der Waals surface area contributed by atoms with E-state index in [4.69, 9.17) is 4.74 Å². The number of allylic oxidation sites excluding steroid dienone is 1. The van der Waals surface area contributed by atoms with Crippen LogP contribution in [0.1, 0.15) is 36.5 Å². The monoisotopic (exact) mass is 240 g/mol. The lowest BCUT2D eigenvalue weighted by Crippen LogP contribution is -2.10. The van der Waals surface area contributed by atoms with Crippen LogP contribution in [0.25, 0.3) is 0 Å². The first kappa shape index (κ1) is 12.0. The molecule has 0 aromatic heterocycles. The first-order valence-corrected chi connectivity index (χ1v) is 5.57. The molecule has 0 amide bonds. The van der Waals surface area contributed by atoms with Crippen LogP contribution in [0.5, 0.6) is 0 Å². The molecule has 17 heavy (non-hydrogen) atoms. The molecule has 0 saturated heterocycles. The predicted octanol–water partition coefficient (Wildman–Crippen LogP) is 3.35. The van der Waals surface area contributed by atoms with E-state index in [9.17, 15) is 13.9 Å². The van der Waals surface area contributed by atoms with Crippen LogP contribution in [-0.2, 0) is 4.74 Å². The maximum absolute atomic E-state index is 12.5. The summed E-state index contributed by atoms with van der Waals surface area (Å²) in [5.41, 5.74) is 0.355. The standard InChI is InChI=1S/C13H14F2O2/c14-13(15)10-5-3-4-9(8-10)12(16)11-6-1-2-7-17-11/h3-6,8,12-13,16H,1-2,7H2. The van der Waals surface area contributed by atoms with Gasteiger partial charge in [-0.05, 0) is 30.5 Å². The third-order valence-corrected chi connectivity index (χ3v) is 2.71. The van der Waals surface area contributed by atoms with Crippen LogP contribution in [0, 0.1) is 0 Å². The first-order valence-electron chi connectivity index (χ1n) is 5.57. The number of rotatable bonds is 3. The van der Waals surface area contributed by atoms with Crippen LogP contribution < -0.4 is 0 Å². The van der Waals surface area contributed by atoms with Crippen molar-refractivity contribution >= 4 is 0 Å². The summed E-state index contributed by atoms with van der Waals surface area (Å²) in [4.78, 5) is 0. The van der Waals surface area contributed by atoms with Crippen LogP contribution >= 0.6 is 0 Å². The average molecular weight is 240 g/mol. The quantitative estimate of drug-likeness (QED) is 0.877. The molecule has 1 unspecified atom stereocenters. The molecule has 4 heteroatoms. The molecule has 1 N–H and O–H groups in total. The summed E-state index contributed by atoms with van der Waals surface area (Å²) in [7, 11) is 0. The van der Waals surface area contributed by atoms with Crippen molar-refractivity contribution in [3.05, 3.63) is 47.2 Å². The highest BCUT2D eigenvalue weighted by Crippen LogP contribution is 2.28. The van der Waals surface area contributed by atoms with Gasteiger partial charge in [-0.1, -0.05) is 18.2 Å². The second-order valence-electron chi connectivity index (χ2n) is 3.97. The van der Waals surface area contributed by atoms with E-state index in [0.29, 0.717) is 17.9 Å². The zero-order valence-electron chi connectivity index (χ0n) is 9.27. The lowest BCUT2D eigenvalue weighted by atomic mass is 10.0. The third-order valence-electron chi connectivity index (χ3n) is 2.71. The minimum Gasteiger partial charge on any atom is -0.495 e. The van der Waals surface area contributed by atoms with Gasteiger partial charge in [0.25, 0.3) is 6.43 Å². The molecule has 1 atom stereocenters. The van der Waals surface area contributed by atoms with Gasteiger partial charge in [0, 0.05) is 5.56 Å². The van der Waals surface area contributed by atoms with E-state index in [1.54, 1.807) is 6.07 Å². The van der Waals surface area contributed by atoms with Crippen molar-refractivity contribution in [3.8, 4) is 0 Å². The number of ether oxygens (including phenoxy) is 1. The summed E-state index contributed by atoms with van der Waals surface area (Å²) in [5, 5.41) is 10.0. The lowest BCUT2D eigenvalue weighted by molar-refractivity contribution is 0.0913. The number of aliphatic hydroxyl groups excluding tert-OH is 1. The summed E-state index contributed by atoms with van der Waals surface area (Å²) in [6, 6.07) is 5.80. The van der Waals surface area contributed by atoms with E-state index in [1.165, 1.54) is 18.2 Å². The molecule has 1 aromatic rings. The Morgan fingerprint density at radius 3 is 2.65 bits per heavy atom. The molecule has 0 radical (unpaired) electrons. The molecule has 2 rings (SSSR count). The van der Waals surface area contributed by atoms with Crippen LogP contribution in [0.4, 0.5) is 8.78 Å². The highest BCUT2D eigenvalue weighted by Gasteiger charge is 2.18. The molecule has 0 bridgehead atoms. The molecule has 2 nitrogen and oxygen atoms in total. The average Bonchev–Trinajstić information content (AvgIpc) is 2.39. The van der Waals surface area contributed by atoms with Gasteiger partial charge in [0.2, 0.25) is 0 Å². The van der Waals surface area contributed by atoms with Gasteiger partial charge in [0.1, 0.15) is 11.9 Å². The number of halogens is 2. The molecule has 92 valence electrons. The highest BCUT2D eigenvalue weighted by molar-refractivity contribution is 5.29. The summed E-state index contributed by atoms with van der Waals surface area (Å²) in [6.07, 6.45) is 0.106. The number of benzene rings is 1. The fourth-order valence-electron chi connectivity index (χ4n) is 1.80. The van der Waals surface area contributed by atoms with Crippen molar-refractivity contribution in [2.75, 3.05) is 6.61 Å². The summed E-state index contributed by atoms with van der Waals surface area (Å²) in [6.45, 7) is 0.567. The summed E-state index contributed by atoms with van der Waals surface area (Å²) < 4.78 is 30.4. The highest BCUT2D eigenvalue weighted by atomic mass is 19.3. The first-order chi connectivity index (χ1) is 8.18. The van der Waals surface area contributed by atoms with Crippen molar-refractivity contribution in [1.29, 1.82) is 0 Å². The molecule has 0 aliphatic carbocycles. The predicted molar refractivity (Wildman–Crippen MR) is 59.6 cm³/mol. The van der Waals surface area contributed by atoms with E-state index >= 15 is 0 Å². The Morgan fingerprint density at radius 1 is 1.24 bits per heavy atom. The van der Waals surface area contributed by atoms with Gasteiger partial charge < -0.3 is 9.84 Å². The zero-order valence-corrected chi connectivity index (χ0v) is 9.27. The Balaban J connectivity index is 2.21. The Kier molecular flexibility index (Phi) is 3.74. The van der Waals surface area contributed by atoms with Crippen molar-refractivity contribution in [3.63, 3.8) is 0 Å². The SMILES string of the molecule is OC(C1=CCCCO1)c1cccc(C(F)F)c1. The fraction of sp³-hybridized carbons (Fsp3) is 0.385. The second kappa shape index (κ2) is 5.27. The Hall–Kier alpha value is -1.42. The fourth-order valence-corrected chi connectivity index (χ4v) is 1.80. The Bertz CT molecular complexity index is 416. The summed E-state index contributed by atoms with van der Waals surface area (Å²) >= 11 is 0. The van der Waals surface area contributed by atoms with Crippen molar-refractivity contribution in [1.82, 2.24) is 0 Å².